The molecule has 1 aromatic heterocycles. The minimum Gasteiger partial charge on any atom is -0.356 e. The smallest absolute Gasteiger partial charge is 0.356 e. The highest BCUT2D eigenvalue weighted by Crippen LogP contribution is 2.40. The molecule has 1 amide bonds. The Labute approximate surface area is 125 Å². The van der Waals surface area contributed by atoms with Gasteiger partial charge in [0.1, 0.15) is 5.69 Å². The SMILES string of the molecule is O=C(Nc1ccccc1SC(F)(F)F)c1cc(Br)c[nH]1. The Balaban J connectivity index is 2.19. The third kappa shape index (κ3) is 4.04. The van der Waals surface area contributed by atoms with Gasteiger partial charge in [-0.1, -0.05) is 12.1 Å². The van der Waals surface area contributed by atoms with Crippen molar-refractivity contribution < 1.29 is 18.0 Å². The van der Waals surface area contributed by atoms with Crippen LogP contribution >= 0.6 is 27.7 Å². The van der Waals surface area contributed by atoms with Gasteiger partial charge >= 0.3 is 5.51 Å². The van der Waals surface area contributed by atoms with E-state index in [4.69, 9.17) is 0 Å². The highest BCUT2D eigenvalue weighted by molar-refractivity contribution is 9.10. The maximum atomic E-state index is 12.4. The highest BCUT2D eigenvalue weighted by Gasteiger charge is 2.30. The molecule has 2 rings (SSSR count). The number of carbonyl (C=O) groups excluding carboxylic acids is 1. The lowest BCUT2D eigenvalue weighted by molar-refractivity contribution is -0.0328. The Morgan fingerprint density at radius 1 is 1.30 bits per heavy atom. The maximum absolute atomic E-state index is 12.4. The number of anilines is 1. The highest BCUT2D eigenvalue weighted by atomic mass is 79.9. The summed E-state index contributed by atoms with van der Waals surface area (Å²) >= 11 is 2.91. The zero-order chi connectivity index (χ0) is 14.8. The molecule has 0 saturated carbocycles. The number of H-pyrrole nitrogens is 1. The minimum absolute atomic E-state index is 0.0565. The first kappa shape index (κ1) is 15.0. The normalized spacial score (nSPS) is 11.4. The number of aromatic nitrogens is 1. The molecule has 2 aromatic rings. The molecule has 106 valence electrons. The van der Waals surface area contributed by atoms with Gasteiger partial charge in [0, 0.05) is 15.6 Å². The fourth-order valence-electron chi connectivity index (χ4n) is 1.47. The Morgan fingerprint density at radius 2 is 2.00 bits per heavy atom. The molecule has 0 aliphatic heterocycles. The maximum Gasteiger partial charge on any atom is 0.446 e. The third-order valence-electron chi connectivity index (χ3n) is 2.25. The Bertz CT molecular complexity index is 627. The second-order valence-electron chi connectivity index (χ2n) is 3.73. The lowest BCUT2D eigenvalue weighted by atomic mass is 10.3. The van der Waals surface area contributed by atoms with Gasteiger partial charge in [0.05, 0.1) is 5.69 Å². The largest absolute Gasteiger partial charge is 0.446 e. The average Bonchev–Trinajstić information content (AvgIpc) is 2.77. The molecule has 0 radical (unpaired) electrons. The summed E-state index contributed by atoms with van der Waals surface area (Å²) < 4.78 is 37.9. The second kappa shape index (κ2) is 5.92. The van der Waals surface area contributed by atoms with E-state index in [1.165, 1.54) is 24.3 Å². The van der Waals surface area contributed by atoms with E-state index >= 15 is 0 Å². The monoisotopic (exact) mass is 364 g/mol. The van der Waals surface area contributed by atoms with Gasteiger partial charge in [-0.3, -0.25) is 4.79 Å². The first-order valence-corrected chi connectivity index (χ1v) is 6.96. The number of rotatable bonds is 3. The van der Waals surface area contributed by atoms with Crippen LogP contribution in [0.4, 0.5) is 18.9 Å². The molecule has 0 unspecified atom stereocenters. The number of carbonyl (C=O) groups is 1. The minimum atomic E-state index is -4.41. The molecule has 0 aliphatic carbocycles. The summed E-state index contributed by atoms with van der Waals surface area (Å²) in [6.07, 6.45) is 1.56. The van der Waals surface area contributed by atoms with E-state index in [9.17, 15) is 18.0 Å². The lowest BCUT2D eigenvalue weighted by Gasteiger charge is -2.11. The van der Waals surface area contributed by atoms with Crippen LogP contribution in [0, 0.1) is 0 Å². The molecule has 0 aliphatic rings. The molecule has 1 aromatic carbocycles. The summed E-state index contributed by atoms with van der Waals surface area (Å²) in [6.45, 7) is 0. The van der Waals surface area contributed by atoms with Crippen LogP contribution in [0.25, 0.3) is 0 Å². The van der Waals surface area contributed by atoms with Gasteiger partial charge in [0.2, 0.25) is 0 Å². The predicted molar refractivity (Wildman–Crippen MR) is 74.8 cm³/mol. The molecular formula is C12H8BrF3N2OS. The van der Waals surface area contributed by atoms with Crippen LogP contribution in [-0.2, 0) is 0 Å². The van der Waals surface area contributed by atoms with Crippen LogP contribution in [0.5, 0.6) is 0 Å². The molecule has 8 heteroatoms. The van der Waals surface area contributed by atoms with Crippen molar-refractivity contribution in [1.82, 2.24) is 4.98 Å². The van der Waals surface area contributed by atoms with Gasteiger partial charge in [0.15, 0.2) is 0 Å². The number of hydrogen-bond donors (Lipinski definition) is 2. The van der Waals surface area contributed by atoms with Gasteiger partial charge in [-0.2, -0.15) is 13.2 Å². The average molecular weight is 365 g/mol. The van der Waals surface area contributed by atoms with Crippen molar-refractivity contribution in [3.8, 4) is 0 Å². The zero-order valence-corrected chi connectivity index (χ0v) is 12.2. The Morgan fingerprint density at radius 3 is 2.60 bits per heavy atom. The molecule has 2 N–H and O–H groups in total. The van der Waals surface area contributed by atoms with E-state index in [-0.39, 0.29) is 28.0 Å². The van der Waals surface area contributed by atoms with Crippen LogP contribution in [0.1, 0.15) is 10.5 Å². The first-order chi connectivity index (χ1) is 9.35. The molecular weight excluding hydrogens is 357 g/mol. The molecule has 20 heavy (non-hydrogen) atoms. The van der Waals surface area contributed by atoms with Gasteiger partial charge < -0.3 is 10.3 Å². The Kier molecular flexibility index (Phi) is 4.44. The zero-order valence-electron chi connectivity index (χ0n) is 9.79. The number of thioether (sulfide) groups is 1. The van der Waals surface area contributed by atoms with E-state index in [1.807, 2.05) is 0 Å². The molecule has 0 fully saturated rings. The van der Waals surface area contributed by atoms with Crippen molar-refractivity contribution in [2.75, 3.05) is 5.32 Å². The first-order valence-electron chi connectivity index (χ1n) is 5.35. The molecule has 0 bridgehead atoms. The van der Waals surface area contributed by atoms with Gasteiger partial charge in [-0.05, 0) is 45.9 Å². The number of nitrogens with one attached hydrogen (secondary N) is 2. The van der Waals surface area contributed by atoms with Crippen LogP contribution in [0.3, 0.4) is 0 Å². The number of para-hydroxylation sites is 1. The van der Waals surface area contributed by atoms with Crippen molar-refractivity contribution in [2.24, 2.45) is 0 Å². The Hall–Kier alpha value is -1.41. The van der Waals surface area contributed by atoms with E-state index in [0.717, 1.165) is 0 Å². The molecule has 0 saturated heterocycles. The summed E-state index contributed by atoms with van der Waals surface area (Å²) in [6, 6.07) is 7.30. The number of aromatic amines is 1. The number of amides is 1. The third-order valence-corrected chi connectivity index (χ3v) is 3.52. The van der Waals surface area contributed by atoms with Crippen molar-refractivity contribution >= 4 is 39.3 Å². The van der Waals surface area contributed by atoms with Gasteiger partial charge in [-0.15, -0.1) is 0 Å². The fraction of sp³-hybridized carbons (Fsp3) is 0.0833. The van der Waals surface area contributed by atoms with Crippen molar-refractivity contribution in [1.29, 1.82) is 0 Å². The van der Waals surface area contributed by atoms with E-state index in [0.29, 0.717) is 4.47 Å². The number of halogens is 4. The fourth-order valence-corrected chi connectivity index (χ4v) is 2.44. The summed E-state index contributed by atoms with van der Waals surface area (Å²) in [5.74, 6) is -0.508. The lowest BCUT2D eigenvalue weighted by Crippen LogP contribution is -2.13. The predicted octanol–water partition coefficient (Wildman–Crippen LogP) is 4.64. The number of hydrogen-bond acceptors (Lipinski definition) is 2. The molecule has 0 spiro atoms. The van der Waals surface area contributed by atoms with Crippen molar-refractivity contribution in [3.63, 3.8) is 0 Å². The van der Waals surface area contributed by atoms with Gasteiger partial charge in [0.25, 0.3) is 5.91 Å². The molecule has 3 nitrogen and oxygen atoms in total. The van der Waals surface area contributed by atoms with Gasteiger partial charge in [-0.25, -0.2) is 0 Å². The van der Waals surface area contributed by atoms with Crippen LogP contribution in [0.15, 0.2) is 45.9 Å². The van der Waals surface area contributed by atoms with E-state index < -0.39 is 11.4 Å². The standard InChI is InChI=1S/C12H8BrF3N2OS/c13-7-5-9(17-6-7)11(19)18-8-3-1-2-4-10(8)20-12(14,15)16/h1-6,17H,(H,18,19). The number of benzene rings is 1. The topological polar surface area (TPSA) is 44.9 Å². The second-order valence-corrected chi connectivity index (χ2v) is 5.75. The summed E-state index contributed by atoms with van der Waals surface area (Å²) in [4.78, 5) is 14.5. The van der Waals surface area contributed by atoms with Crippen LogP contribution in [0.2, 0.25) is 0 Å². The van der Waals surface area contributed by atoms with Crippen LogP contribution in [-0.4, -0.2) is 16.4 Å². The summed E-state index contributed by atoms with van der Waals surface area (Å²) in [5.41, 5.74) is -4.04. The summed E-state index contributed by atoms with van der Waals surface area (Å²) in [5, 5.41) is 2.45. The van der Waals surface area contributed by atoms with E-state index in [1.54, 1.807) is 12.3 Å². The van der Waals surface area contributed by atoms with Crippen LogP contribution < -0.4 is 5.32 Å². The van der Waals surface area contributed by atoms with E-state index in [2.05, 4.69) is 26.2 Å². The molecule has 0 atom stereocenters. The summed E-state index contributed by atoms with van der Waals surface area (Å²) in [7, 11) is 0. The van der Waals surface area contributed by atoms with Crippen molar-refractivity contribution in [3.05, 3.63) is 46.7 Å². The molecule has 1 heterocycles. The van der Waals surface area contributed by atoms with Crippen molar-refractivity contribution in [2.45, 2.75) is 10.4 Å². The number of alkyl halides is 3. The quantitative estimate of drug-likeness (QED) is 0.779.